The molecule has 0 radical (unpaired) electrons. The van der Waals surface area contributed by atoms with E-state index in [1.54, 1.807) is 12.4 Å². The number of rotatable bonds is 1. The van der Waals surface area contributed by atoms with Gasteiger partial charge in [-0.15, -0.1) is 10.2 Å². The van der Waals surface area contributed by atoms with Crippen molar-refractivity contribution in [3.8, 4) is 11.4 Å². The number of hydrogen-bond donors (Lipinski definition) is 1. The van der Waals surface area contributed by atoms with Gasteiger partial charge in [-0.3, -0.25) is 9.38 Å². The summed E-state index contributed by atoms with van der Waals surface area (Å²) in [5.41, 5.74) is 9.39. The van der Waals surface area contributed by atoms with Gasteiger partial charge in [-0.05, 0) is 18.6 Å². The van der Waals surface area contributed by atoms with Crippen LogP contribution >= 0.6 is 0 Å². The molecule has 0 saturated carbocycles. The Labute approximate surface area is 97.9 Å². The van der Waals surface area contributed by atoms with Crippen molar-refractivity contribution < 1.29 is 0 Å². The number of anilines is 1. The fraction of sp³-hybridized carbons (Fsp3) is 0.0833. The van der Waals surface area contributed by atoms with Crippen LogP contribution in [-0.2, 0) is 0 Å². The van der Waals surface area contributed by atoms with Crippen LogP contribution in [0.3, 0.4) is 0 Å². The van der Waals surface area contributed by atoms with E-state index in [9.17, 15) is 0 Å². The summed E-state index contributed by atoms with van der Waals surface area (Å²) in [6.45, 7) is 1.98. The first-order chi connectivity index (χ1) is 8.27. The van der Waals surface area contributed by atoms with Gasteiger partial charge in [0.2, 0.25) is 0 Å². The molecular weight excluding hydrogens is 214 g/mol. The molecule has 0 aliphatic heterocycles. The summed E-state index contributed by atoms with van der Waals surface area (Å²) in [6.07, 6.45) is 5.23. The predicted molar refractivity (Wildman–Crippen MR) is 65.4 cm³/mol. The summed E-state index contributed by atoms with van der Waals surface area (Å²) < 4.78 is 1.90. The third-order valence-corrected chi connectivity index (χ3v) is 2.83. The first-order valence-electron chi connectivity index (χ1n) is 5.27. The number of benzene rings is 1. The number of nitrogen functional groups attached to an aromatic ring is 1. The molecule has 0 saturated heterocycles. The molecule has 0 aliphatic rings. The van der Waals surface area contributed by atoms with Crippen molar-refractivity contribution in [2.45, 2.75) is 6.92 Å². The Morgan fingerprint density at radius 3 is 3.00 bits per heavy atom. The topological polar surface area (TPSA) is 69.1 Å². The van der Waals surface area contributed by atoms with E-state index < -0.39 is 0 Å². The lowest BCUT2D eigenvalue weighted by Gasteiger charge is -2.06. The highest BCUT2D eigenvalue weighted by atomic mass is 15.2. The first kappa shape index (κ1) is 9.77. The second kappa shape index (κ2) is 3.55. The summed E-state index contributed by atoms with van der Waals surface area (Å²) in [5, 5.41) is 8.26. The van der Waals surface area contributed by atoms with Crippen LogP contribution in [0.2, 0.25) is 0 Å². The molecule has 2 aromatic heterocycles. The van der Waals surface area contributed by atoms with Gasteiger partial charge in [-0.1, -0.05) is 12.1 Å². The van der Waals surface area contributed by atoms with Gasteiger partial charge in [0.25, 0.3) is 0 Å². The highest BCUT2D eigenvalue weighted by Gasteiger charge is 2.11. The average Bonchev–Trinajstić information content (AvgIpc) is 2.77. The zero-order valence-corrected chi connectivity index (χ0v) is 9.33. The number of nitrogens with zero attached hydrogens (tertiary/aromatic N) is 4. The molecule has 1 aromatic carbocycles. The molecule has 0 atom stereocenters. The maximum absolute atomic E-state index is 5.90. The smallest absolute Gasteiger partial charge is 0.179 e. The van der Waals surface area contributed by atoms with Crippen molar-refractivity contribution in [3.63, 3.8) is 0 Å². The lowest BCUT2D eigenvalue weighted by Crippen LogP contribution is -1.95. The normalized spacial score (nSPS) is 10.9. The fourth-order valence-electron chi connectivity index (χ4n) is 1.83. The van der Waals surface area contributed by atoms with E-state index in [1.807, 2.05) is 35.7 Å². The molecule has 3 rings (SSSR count). The van der Waals surface area contributed by atoms with Crippen LogP contribution in [-0.4, -0.2) is 19.6 Å². The number of hydrogen-bond acceptors (Lipinski definition) is 4. The summed E-state index contributed by atoms with van der Waals surface area (Å²) in [4.78, 5) is 4.01. The van der Waals surface area contributed by atoms with Crippen molar-refractivity contribution in [2.75, 3.05) is 5.73 Å². The maximum Gasteiger partial charge on any atom is 0.179 e. The second-order valence-electron chi connectivity index (χ2n) is 3.85. The Bertz CT molecular complexity index is 686. The highest BCUT2D eigenvalue weighted by molar-refractivity contribution is 5.69. The largest absolute Gasteiger partial charge is 0.398 e. The molecule has 0 fully saturated rings. The Morgan fingerprint density at radius 2 is 2.12 bits per heavy atom. The Balaban J connectivity index is 2.31. The molecule has 0 unspecified atom stereocenters. The summed E-state index contributed by atoms with van der Waals surface area (Å²) in [6, 6.07) is 5.78. The predicted octanol–water partition coefficient (Wildman–Crippen LogP) is 1.68. The van der Waals surface area contributed by atoms with Crippen LogP contribution in [0.4, 0.5) is 5.69 Å². The van der Waals surface area contributed by atoms with E-state index in [1.165, 1.54) is 0 Å². The van der Waals surface area contributed by atoms with Gasteiger partial charge in [0.05, 0.1) is 6.20 Å². The van der Waals surface area contributed by atoms with Gasteiger partial charge in [0.15, 0.2) is 11.5 Å². The standard InChI is InChI=1S/C12H11N5/c1-8-9(3-2-4-10(8)13)12-16-15-11-7-14-5-6-17(11)12/h2-7H,13H2,1H3. The molecule has 5 heteroatoms. The molecule has 0 aliphatic carbocycles. The minimum Gasteiger partial charge on any atom is -0.398 e. The average molecular weight is 225 g/mol. The second-order valence-corrected chi connectivity index (χ2v) is 3.85. The van der Waals surface area contributed by atoms with Crippen LogP contribution < -0.4 is 5.73 Å². The van der Waals surface area contributed by atoms with Crippen LogP contribution in [0, 0.1) is 6.92 Å². The van der Waals surface area contributed by atoms with Gasteiger partial charge in [0.1, 0.15) is 0 Å². The first-order valence-corrected chi connectivity index (χ1v) is 5.27. The summed E-state index contributed by atoms with van der Waals surface area (Å²) >= 11 is 0. The monoisotopic (exact) mass is 225 g/mol. The van der Waals surface area contributed by atoms with Crippen molar-refractivity contribution in [3.05, 3.63) is 42.4 Å². The van der Waals surface area contributed by atoms with E-state index >= 15 is 0 Å². The van der Waals surface area contributed by atoms with Crippen molar-refractivity contribution in [1.82, 2.24) is 19.6 Å². The van der Waals surface area contributed by atoms with Crippen LogP contribution in [0.1, 0.15) is 5.56 Å². The van der Waals surface area contributed by atoms with Crippen molar-refractivity contribution >= 4 is 11.3 Å². The van der Waals surface area contributed by atoms with E-state index in [4.69, 9.17) is 5.73 Å². The maximum atomic E-state index is 5.90. The molecule has 0 spiro atoms. The molecule has 17 heavy (non-hydrogen) atoms. The van der Waals surface area contributed by atoms with E-state index in [0.29, 0.717) is 0 Å². The minimum atomic E-state index is 0.726. The zero-order chi connectivity index (χ0) is 11.8. The van der Waals surface area contributed by atoms with E-state index in [-0.39, 0.29) is 0 Å². The lowest BCUT2D eigenvalue weighted by molar-refractivity contribution is 1.10. The van der Waals surface area contributed by atoms with Crippen LogP contribution in [0.25, 0.3) is 17.0 Å². The fourth-order valence-corrected chi connectivity index (χ4v) is 1.83. The van der Waals surface area contributed by atoms with Gasteiger partial charge in [-0.2, -0.15) is 0 Å². The van der Waals surface area contributed by atoms with E-state index in [2.05, 4.69) is 15.2 Å². The van der Waals surface area contributed by atoms with Crippen LogP contribution in [0.15, 0.2) is 36.8 Å². The minimum absolute atomic E-state index is 0.726. The van der Waals surface area contributed by atoms with Gasteiger partial charge >= 0.3 is 0 Å². The molecule has 2 N–H and O–H groups in total. The summed E-state index contributed by atoms with van der Waals surface area (Å²) in [7, 11) is 0. The molecule has 5 nitrogen and oxygen atoms in total. The third-order valence-electron chi connectivity index (χ3n) is 2.83. The highest BCUT2D eigenvalue weighted by Crippen LogP contribution is 2.25. The number of nitrogens with two attached hydrogens (primary N) is 1. The quantitative estimate of drug-likeness (QED) is 0.640. The third kappa shape index (κ3) is 1.44. The number of fused-ring (bicyclic) bond motifs is 1. The Morgan fingerprint density at radius 1 is 1.24 bits per heavy atom. The molecule has 0 bridgehead atoms. The lowest BCUT2D eigenvalue weighted by atomic mass is 10.1. The van der Waals surface area contributed by atoms with Gasteiger partial charge < -0.3 is 5.73 Å². The molecular formula is C12H11N5. The van der Waals surface area contributed by atoms with Gasteiger partial charge in [0, 0.05) is 23.6 Å². The van der Waals surface area contributed by atoms with Crippen molar-refractivity contribution in [2.24, 2.45) is 0 Å². The molecule has 84 valence electrons. The summed E-state index contributed by atoms with van der Waals surface area (Å²) in [5.74, 6) is 0.784. The van der Waals surface area contributed by atoms with Crippen molar-refractivity contribution in [1.29, 1.82) is 0 Å². The number of aromatic nitrogens is 4. The Kier molecular flexibility index (Phi) is 2.04. The molecule has 2 heterocycles. The molecule has 3 aromatic rings. The Hall–Kier alpha value is -2.43. The van der Waals surface area contributed by atoms with Gasteiger partial charge in [-0.25, -0.2) is 0 Å². The SMILES string of the molecule is Cc1c(N)cccc1-c1nnc2cnccn12. The molecule has 0 amide bonds. The van der Waals surface area contributed by atoms with Crippen LogP contribution in [0.5, 0.6) is 0 Å². The zero-order valence-electron chi connectivity index (χ0n) is 9.33. The van der Waals surface area contributed by atoms with E-state index in [0.717, 1.165) is 28.3 Å².